The fourth-order valence-electron chi connectivity index (χ4n) is 1.13. The molecule has 4 heteroatoms. The van der Waals surface area contributed by atoms with Gasteiger partial charge in [0.15, 0.2) is 0 Å². The van der Waals surface area contributed by atoms with Crippen molar-refractivity contribution in [2.45, 2.75) is 12.8 Å². The predicted molar refractivity (Wildman–Crippen MR) is 51.2 cm³/mol. The first-order valence-corrected chi connectivity index (χ1v) is 4.53. The maximum atomic E-state index is 12.7. The first-order chi connectivity index (χ1) is 6.72. The van der Waals surface area contributed by atoms with E-state index in [4.69, 9.17) is 5.11 Å². The predicted octanol–water partition coefficient (Wildman–Crippen LogP) is 2.15. The van der Waals surface area contributed by atoms with Gasteiger partial charge in [-0.3, -0.25) is 0 Å². The molecule has 2 N–H and O–H groups in total. The maximum absolute atomic E-state index is 12.7. The van der Waals surface area contributed by atoms with E-state index in [2.05, 4.69) is 5.32 Å². The number of benzene rings is 1. The van der Waals surface area contributed by atoms with Gasteiger partial charge in [0.1, 0.15) is 11.6 Å². The molecular weight excluding hydrogens is 188 g/mol. The van der Waals surface area contributed by atoms with Crippen LogP contribution < -0.4 is 5.32 Å². The lowest BCUT2D eigenvalue weighted by Crippen LogP contribution is -2.02. The molecule has 0 atom stereocenters. The summed E-state index contributed by atoms with van der Waals surface area (Å²) in [7, 11) is 0. The number of anilines is 1. The van der Waals surface area contributed by atoms with Crippen molar-refractivity contribution in [3.05, 3.63) is 29.8 Å². The van der Waals surface area contributed by atoms with Crippen molar-refractivity contribution in [1.29, 1.82) is 0 Å². The second-order valence-corrected chi connectivity index (χ2v) is 3.02. The van der Waals surface area contributed by atoms with E-state index < -0.39 is 11.6 Å². The van der Waals surface area contributed by atoms with Crippen LogP contribution in [0.3, 0.4) is 0 Å². The van der Waals surface area contributed by atoms with Gasteiger partial charge in [-0.2, -0.15) is 0 Å². The molecule has 0 saturated carbocycles. The highest BCUT2D eigenvalue weighted by atomic mass is 19.1. The topological polar surface area (TPSA) is 32.3 Å². The van der Waals surface area contributed by atoms with Gasteiger partial charge in [-0.15, -0.1) is 0 Å². The van der Waals surface area contributed by atoms with Gasteiger partial charge in [0.25, 0.3) is 0 Å². The third-order valence-corrected chi connectivity index (χ3v) is 1.78. The van der Waals surface area contributed by atoms with Crippen LogP contribution in [0.5, 0.6) is 0 Å². The van der Waals surface area contributed by atoms with Crippen molar-refractivity contribution < 1.29 is 13.9 Å². The summed E-state index contributed by atoms with van der Waals surface area (Å²) in [6, 6.07) is 3.31. The molecule has 78 valence electrons. The Labute approximate surface area is 81.6 Å². The number of nitrogens with one attached hydrogen (secondary N) is 1. The van der Waals surface area contributed by atoms with Crippen LogP contribution in [0.4, 0.5) is 14.5 Å². The first-order valence-electron chi connectivity index (χ1n) is 4.53. The van der Waals surface area contributed by atoms with Crippen LogP contribution in [0.25, 0.3) is 0 Å². The van der Waals surface area contributed by atoms with E-state index in [9.17, 15) is 8.78 Å². The van der Waals surface area contributed by atoms with Gasteiger partial charge in [0.05, 0.1) is 0 Å². The van der Waals surface area contributed by atoms with Gasteiger partial charge in [-0.1, -0.05) is 0 Å². The summed E-state index contributed by atoms with van der Waals surface area (Å²) in [6.45, 7) is 0.739. The lowest BCUT2D eigenvalue weighted by Gasteiger charge is -2.05. The monoisotopic (exact) mass is 201 g/mol. The molecule has 2 nitrogen and oxygen atoms in total. The Morgan fingerprint density at radius 3 is 2.29 bits per heavy atom. The van der Waals surface area contributed by atoms with Gasteiger partial charge in [-0.25, -0.2) is 8.78 Å². The first kappa shape index (κ1) is 10.9. The Bertz CT molecular complexity index is 271. The Hall–Kier alpha value is -1.16. The highest BCUT2D eigenvalue weighted by Crippen LogP contribution is 2.12. The Kier molecular flexibility index (Phi) is 4.32. The smallest absolute Gasteiger partial charge is 0.128 e. The quantitative estimate of drug-likeness (QED) is 0.715. The maximum Gasteiger partial charge on any atom is 0.128 e. The van der Waals surface area contributed by atoms with Crippen LogP contribution in [-0.2, 0) is 0 Å². The fraction of sp³-hybridized carbons (Fsp3) is 0.400. The standard InChI is InChI=1S/C10H13F2NO/c11-8-5-9(12)7-10(6-8)13-3-1-2-4-14/h5-7,13-14H,1-4H2. The van der Waals surface area contributed by atoms with Crippen molar-refractivity contribution >= 4 is 5.69 Å². The van der Waals surface area contributed by atoms with E-state index in [-0.39, 0.29) is 6.61 Å². The van der Waals surface area contributed by atoms with Crippen LogP contribution in [0.15, 0.2) is 18.2 Å². The fourth-order valence-corrected chi connectivity index (χ4v) is 1.13. The molecule has 1 rings (SSSR count). The SMILES string of the molecule is OCCCCNc1cc(F)cc(F)c1. The molecule has 0 fully saturated rings. The third kappa shape index (κ3) is 3.70. The highest BCUT2D eigenvalue weighted by molar-refractivity contribution is 5.43. The van der Waals surface area contributed by atoms with Crippen LogP contribution in [0.2, 0.25) is 0 Å². The summed E-state index contributed by atoms with van der Waals surface area (Å²) in [5, 5.41) is 11.4. The largest absolute Gasteiger partial charge is 0.396 e. The normalized spacial score (nSPS) is 10.2. The molecule has 14 heavy (non-hydrogen) atoms. The van der Waals surface area contributed by atoms with Gasteiger partial charge in [0, 0.05) is 24.9 Å². The molecule has 0 unspecified atom stereocenters. The third-order valence-electron chi connectivity index (χ3n) is 1.78. The summed E-state index contributed by atoms with van der Waals surface area (Å²) in [6.07, 6.45) is 1.46. The zero-order valence-electron chi connectivity index (χ0n) is 7.76. The molecule has 0 aliphatic heterocycles. The number of unbranched alkanes of at least 4 members (excludes halogenated alkanes) is 1. The average Bonchev–Trinajstić information content (AvgIpc) is 2.11. The molecular formula is C10H13F2NO. The number of hydrogen-bond donors (Lipinski definition) is 2. The Morgan fingerprint density at radius 2 is 1.71 bits per heavy atom. The van der Waals surface area contributed by atoms with E-state index >= 15 is 0 Å². The molecule has 0 aliphatic rings. The zero-order chi connectivity index (χ0) is 10.4. The Balaban J connectivity index is 2.42. The van der Waals surface area contributed by atoms with Crippen LogP contribution in [-0.4, -0.2) is 18.3 Å². The highest BCUT2D eigenvalue weighted by Gasteiger charge is 1.99. The van der Waals surface area contributed by atoms with Crippen molar-refractivity contribution in [3.8, 4) is 0 Å². The van der Waals surface area contributed by atoms with Gasteiger partial charge < -0.3 is 10.4 Å². The molecule has 1 aromatic carbocycles. The van der Waals surface area contributed by atoms with Crippen molar-refractivity contribution in [2.75, 3.05) is 18.5 Å². The minimum Gasteiger partial charge on any atom is -0.396 e. The summed E-state index contributed by atoms with van der Waals surface area (Å²) < 4.78 is 25.4. The lowest BCUT2D eigenvalue weighted by atomic mass is 10.2. The van der Waals surface area contributed by atoms with Gasteiger partial charge >= 0.3 is 0 Å². The molecule has 0 amide bonds. The van der Waals surface area contributed by atoms with Crippen molar-refractivity contribution in [1.82, 2.24) is 0 Å². The van der Waals surface area contributed by atoms with Crippen molar-refractivity contribution in [2.24, 2.45) is 0 Å². The molecule has 0 aromatic heterocycles. The van der Waals surface area contributed by atoms with E-state index in [0.717, 1.165) is 12.5 Å². The summed E-state index contributed by atoms with van der Waals surface area (Å²) in [4.78, 5) is 0. The van der Waals surface area contributed by atoms with Crippen molar-refractivity contribution in [3.63, 3.8) is 0 Å². The second-order valence-electron chi connectivity index (χ2n) is 3.02. The number of hydrogen-bond acceptors (Lipinski definition) is 2. The van der Waals surface area contributed by atoms with Crippen LogP contribution in [0.1, 0.15) is 12.8 Å². The number of halogens is 2. The number of rotatable bonds is 5. The van der Waals surface area contributed by atoms with E-state index in [1.807, 2.05) is 0 Å². The minimum absolute atomic E-state index is 0.138. The molecule has 0 spiro atoms. The van der Waals surface area contributed by atoms with E-state index in [1.54, 1.807) is 0 Å². The average molecular weight is 201 g/mol. The van der Waals surface area contributed by atoms with Crippen LogP contribution >= 0.6 is 0 Å². The molecule has 0 aliphatic carbocycles. The molecule has 0 bridgehead atoms. The molecule has 1 aromatic rings. The summed E-state index contributed by atoms with van der Waals surface area (Å²) >= 11 is 0. The molecule has 0 radical (unpaired) electrons. The molecule has 0 heterocycles. The summed E-state index contributed by atoms with van der Waals surface area (Å²) in [5.74, 6) is -1.18. The minimum atomic E-state index is -0.588. The van der Waals surface area contributed by atoms with Crippen LogP contribution in [0, 0.1) is 11.6 Å². The summed E-state index contributed by atoms with van der Waals surface area (Å²) in [5.41, 5.74) is 0.431. The molecule has 0 saturated heterocycles. The van der Waals surface area contributed by atoms with Gasteiger partial charge in [-0.05, 0) is 25.0 Å². The second kappa shape index (κ2) is 5.54. The number of aliphatic hydroxyl groups excluding tert-OH is 1. The lowest BCUT2D eigenvalue weighted by molar-refractivity contribution is 0.286. The van der Waals surface area contributed by atoms with E-state index in [1.165, 1.54) is 12.1 Å². The Morgan fingerprint density at radius 1 is 1.07 bits per heavy atom. The number of aliphatic hydroxyl groups is 1. The van der Waals surface area contributed by atoms with Gasteiger partial charge in [0.2, 0.25) is 0 Å². The zero-order valence-corrected chi connectivity index (χ0v) is 7.76. The van der Waals surface area contributed by atoms with E-state index in [0.29, 0.717) is 18.7 Å².